The van der Waals surface area contributed by atoms with E-state index in [1.54, 1.807) is 4.90 Å². The highest BCUT2D eigenvalue weighted by Crippen LogP contribution is 2.39. The number of fused-ring (bicyclic) bond motifs is 1. The van der Waals surface area contributed by atoms with Gasteiger partial charge in [-0.15, -0.1) is 0 Å². The first kappa shape index (κ1) is 11.9. The molecule has 1 atom stereocenters. The van der Waals surface area contributed by atoms with E-state index in [1.165, 1.54) is 6.07 Å². The molecule has 2 aliphatic rings. The number of benzene rings is 1. The predicted octanol–water partition coefficient (Wildman–Crippen LogP) is 2.85. The summed E-state index contributed by atoms with van der Waals surface area (Å²) in [5.74, 6) is -0.513. The third kappa shape index (κ3) is 1.79. The standard InChI is InChI=1S/C14H17F2NO/c1-9-2-3-10-11(9)8-12(15)14(13(10)16)17-4-6-18-7-5-17/h8-9H,2-7H2,1H3/t9-/m1/s1. The second-order valence-electron chi connectivity index (χ2n) is 5.13. The minimum absolute atomic E-state index is 0.145. The molecule has 98 valence electrons. The van der Waals surface area contributed by atoms with Gasteiger partial charge in [0.25, 0.3) is 0 Å². The van der Waals surface area contributed by atoms with Crippen molar-refractivity contribution in [2.75, 3.05) is 31.2 Å². The van der Waals surface area contributed by atoms with Crippen molar-refractivity contribution in [3.05, 3.63) is 28.8 Å². The van der Waals surface area contributed by atoms with Crippen LogP contribution in [0.15, 0.2) is 6.07 Å². The van der Waals surface area contributed by atoms with Crippen molar-refractivity contribution in [1.82, 2.24) is 0 Å². The number of anilines is 1. The lowest BCUT2D eigenvalue weighted by molar-refractivity contribution is 0.122. The number of ether oxygens (including phenoxy) is 1. The summed E-state index contributed by atoms with van der Waals surface area (Å²) in [4.78, 5) is 1.76. The van der Waals surface area contributed by atoms with Gasteiger partial charge in [-0.1, -0.05) is 6.92 Å². The van der Waals surface area contributed by atoms with Crippen LogP contribution < -0.4 is 4.90 Å². The van der Waals surface area contributed by atoms with E-state index < -0.39 is 5.82 Å². The Morgan fingerprint density at radius 3 is 2.72 bits per heavy atom. The minimum atomic E-state index is -0.429. The van der Waals surface area contributed by atoms with Crippen molar-refractivity contribution < 1.29 is 13.5 Å². The third-order valence-corrected chi connectivity index (χ3v) is 4.02. The fraction of sp³-hybridized carbons (Fsp3) is 0.571. The number of rotatable bonds is 1. The Labute approximate surface area is 106 Å². The fourth-order valence-corrected chi connectivity index (χ4v) is 2.95. The highest BCUT2D eigenvalue weighted by molar-refractivity contribution is 5.56. The Kier molecular flexibility index (Phi) is 2.98. The van der Waals surface area contributed by atoms with Crippen LogP contribution in [-0.2, 0) is 11.2 Å². The Morgan fingerprint density at radius 2 is 2.00 bits per heavy atom. The molecule has 1 saturated heterocycles. The molecule has 1 aromatic carbocycles. The molecule has 2 nitrogen and oxygen atoms in total. The summed E-state index contributed by atoms with van der Waals surface area (Å²) >= 11 is 0. The van der Waals surface area contributed by atoms with Gasteiger partial charge < -0.3 is 9.64 Å². The molecule has 0 bridgehead atoms. The van der Waals surface area contributed by atoms with Gasteiger partial charge in [-0.25, -0.2) is 8.78 Å². The summed E-state index contributed by atoms with van der Waals surface area (Å²) in [5, 5.41) is 0. The first-order valence-electron chi connectivity index (χ1n) is 6.52. The van der Waals surface area contributed by atoms with Crippen LogP contribution in [0.25, 0.3) is 0 Å². The van der Waals surface area contributed by atoms with Gasteiger partial charge in [-0.2, -0.15) is 0 Å². The molecule has 0 aromatic heterocycles. The predicted molar refractivity (Wildman–Crippen MR) is 66.1 cm³/mol. The second-order valence-corrected chi connectivity index (χ2v) is 5.13. The fourth-order valence-electron chi connectivity index (χ4n) is 2.95. The van der Waals surface area contributed by atoms with Crippen molar-refractivity contribution in [2.24, 2.45) is 0 Å². The van der Waals surface area contributed by atoms with Crippen molar-refractivity contribution >= 4 is 5.69 Å². The van der Waals surface area contributed by atoms with Crippen molar-refractivity contribution in [2.45, 2.75) is 25.7 Å². The molecule has 0 saturated carbocycles. The van der Waals surface area contributed by atoms with E-state index in [0.29, 0.717) is 31.9 Å². The lowest BCUT2D eigenvalue weighted by Gasteiger charge is -2.30. The zero-order valence-electron chi connectivity index (χ0n) is 10.5. The minimum Gasteiger partial charge on any atom is -0.378 e. The molecule has 0 unspecified atom stereocenters. The van der Waals surface area contributed by atoms with Gasteiger partial charge in [0.2, 0.25) is 0 Å². The molecule has 1 fully saturated rings. The second kappa shape index (κ2) is 4.50. The van der Waals surface area contributed by atoms with Gasteiger partial charge in [0, 0.05) is 13.1 Å². The van der Waals surface area contributed by atoms with Crippen molar-refractivity contribution in [3.8, 4) is 0 Å². The lowest BCUT2D eigenvalue weighted by Crippen LogP contribution is -2.37. The molecule has 1 heterocycles. The lowest BCUT2D eigenvalue weighted by atomic mass is 10.0. The number of morpholine rings is 1. The van der Waals surface area contributed by atoms with Crippen LogP contribution in [0.4, 0.5) is 14.5 Å². The van der Waals surface area contributed by atoms with E-state index in [2.05, 4.69) is 0 Å². The maximum Gasteiger partial charge on any atom is 0.152 e. The molecule has 0 spiro atoms. The third-order valence-electron chi connectivity index (χ3n) is 4.02. The Hall–Kier alpha value is -1.16. The maximum atomic E-state index is 14.5. The zero-order chi connectivity index (χ0) is 12.7. The number of halogens is 2. The summed E-state index contributed by atoms with van der Waals surface area (Å²) < 4.78 is 33.8. The zero-order valence-corrected chi connectivity index (χ0v) is 10.5. The van der Waals surface area contributed by atoms with Gasteiger partial charge in [0.05, 0.1) is 13.2 Å². The van der Waals surface area contributed by atoms with E-state index in [9.17, 15) is 8.78 Å². The van der Waals surface area contributed by atoms with E-state index in [1.807, 2.05) is 6.92 Å². The summed E-state index contributed by atoms with van der Waals surface area (Å²) in [5.41, 5.74) is 1.71. The molecular weight excluding hydrogens is 236 g/mol. The molecule has 4 heteroatoms. The first-order valence-corrected chi connectivity index (χ1v) is 6.52. The molecule has 1 aromatic rings. The highest BCUT2D eigenvalue weighted by atomic mass is 19.1. The summed E-state index contributed by atoms with van der Waals surface area (Å²) in [6, 6.07) is 1.53. The smallest absolute Gasteiger partial charge is 0.152 e. The van der Waals surface area contributed by atoms with Crippen molar-refractivity contribution in [1.29, 1.82) is 0 Å². The average Bonchev–Trinajstić information content (AvgIpc) is 2.73. The Bertz CT molecular complexity index is 469. The van der Waals surface area contributed by atoms with Crippen LogP contribution in [0.3, 0.4) is 0 Å². The van der Waals surface area contributed by atoms with Crippen LogP contribution in [0, 0.1) is 11.6 Å². The van der Waals surface area contributed by atoms with E-state index in [4.69, 9.17) is 4.74 Å². The molecule has 1 aliphatic heterocycles. The van der Waals surface area contributed by atoms with Crippen LogP contribution in [0.1, 0.15) is 30.4 Å². The van der Waals surface area contributed by atoms with Crippen LogP contribution in [0.2, 0.25) is 0 Å². The quantitative estimate of drug-likeness (QED) is 0.763. The largest absolute Gasteiger partial charge is 0.378 e. The Morgan fingerprint density at radius 1 is 1.28 bits per heavy atom. The Balaban J connectivity index is 2.04. The maximum absolute atomic E-state index is 14.5. The number of hydrogen-bond donors (Lipinski definition) is 0. The molecule has 3 rings (SSSR count). The molecule has 1 aliphatic carbocycles. The topological polar surface area (TPSA) is 12.5 Å². The van der Waals surface area contributed by atoms with Gasteiger partial charge >= 0.3 is 0 Å². The average molecular weight is 253 g/mol. The molecule has 0 N–H and O–H groups in total. The van der Waals surface area contributed by atoms with Gasteiger partial charge in [-0.05, 0) is 36.0 Å². The molecule has 0 radical (unpaired) electrons. The van der Waals surface area contributed by atoms with Gasteiger partial charge in [0.15, 0.2) is 5.82 Å². The number of nitrogens with zero attached hydrogens (tertiary/aromatic N) is 1. The molecule has 0 amide bonds. The van der Waals surface area contributed by atoms with Crippen molar-refractivity contribution in [3.63, 3.8) is 0 Å². The van der Waals surface area contributed by atoms with E-state index in [0.717, 1.165) is 18.4 Å². The summed E-state index contributed by atoms with van der Waals surface area (Å²) in [6.45, 7) is 4.21. The SMILES string of the molecule is C[C@@H]1CCc2c1cc(F)c(N1CCOCC1)c2F. The van der Waals surface area contributed by atoms with Gasteiger partial charge in [0.1, 0.15) is 11.5 Å². The first-order chi connectivity index (χ1) is 8.68. The van der Waals surface area contributed by atoms with E-state index in [-0.39, 0.29) is 17.4 Å². The normalized spacial score (nSPS) is 23.3. The molecular formula is C14H17F2NO. The van der Waals surface area contributed by atoms with Crippen LogP contribution in [-0.4, -0.2) is 26.3 Å². The van der Waals surface area contributed by atoms with E-state index >= 15 is 0 Å². The van der Waals surface area contributed by atoms with Gasteiger partial charge in [-0.3, -0.25) is 0 Å². The monoisotopic (exact) mass is 253 g/mol. The summed E-state index contributed by atoms with van der Waals surface area (Å²) in [6.07, 6.45) is 1.64. The molecule has 18 heavy (non-hydrogen) atoms. The summed E-state index contributed by atoms with van der Waals surface area (Å²) in [7, 11) is 0. The number of hydrogen-bond acceptors (Lipinski definition) is 2. The van der Waals surface area contributed by atoms with Crippen LogP contribution in [0.5, 0.6) is 0 Å². The van der Waals surface area contributed by atoms with Crippen LogP contribution >= 0.6 is 0 Å². The highest BCUT2D eigenvalue weighted by Gasteiger charge is 2.29.